The second-order valence-corrected chi connectivity index (χ2v) is 3.89. The molecule has 1 aromatic heterocycles. The number of rotatable bonds is 4. The van der Waals surface area contributed by atoms with E-state index in [0.29, 0.717) is 29.3 Å². The summed E-state index contributed by atoms with van der Waals surface area (Å²) in [5.41, 5.74) is 0.688. The zero-order valence-electron chi connectivity index (χ0n) is 9.31. The quantitative estimate of drug-likeness (QED) is 0.851. The van der Waals surface area contributed by atoms with E-state index in [9.17, 15) is 4.39 Å². The van der Waals surface area contributed by atoms with Gasteiger partial charge >= 0.3 is 0 Å². The summed E-state index contributed by atoms with van der Waals surface area (Å²) in [6, 6.07) is 6.25. The van der Waals surface area contributed by atoms with Crippen LogP contribution in [-0.4, -0.2) is 28.5 Å². The Morgan fingerprint density at radius 1 is 1.53 bits per heavy atom. The number of benzene rings is 1. The first-order valence-electron chi connectivity index (χ1n) is 5.12. The molecule has 0 radical (unpaired) electrons. The number of aromatic amines is 1. The van der Waals surface area contributed by atoms with Crippen LogP contribution in [0, 0.1) is 10.6 Å². The molecule has 1 N–H and O–H groups in total. The van der Waals surface area contributed by atoms with E-state index in [1.807, 2.05) is 0 Å². The van der Waals surface area contributed by atoms with Gasteiger partial charge in [0.25, 0.3) is 0 Å². The zero-order chi connectivity index (χ0) is 12.3. The van der Waals surface area contributed by atoms with Gasteiger partial charge in [-0.15, -0.1) is 0 Å². The van der Waals surface area contributed by atoms with Crippen molar-refractivity contribution in [3.8, 4) is 11.4 Å². The highest BCUT2D eigenvalue weighted by Gasteiger charge is 2.08. The molecule has 4 nitrogen and oxygen atoms in total. The molecule has 1 aromatic carbocycles. The van der Waals surface area contributed by atoms with Gasteiger partial charge in [-0.2, -0.15) is 5.10 Å². The largest absolute Gasteiger partial charge is 0.383 e. The number of halogens is 1. The van der Waals surface area contributed by atoms with Gasteiger partial charge in [0.05, 0.1) is 13.2 Å². The average molecular weight is 253 g/mol. The van der Waals surface area contributed by atoms with Crippen LogP contribution < -0.4 is 0 Å². The predicted octanol–water partition coefficient (Wildman–Crippen LogP) is 2.39. The lowest BCUT2D eigenvalue weighted by atomic mass is 10.2. The van der Waals surface area contributed by atoms with E-state index in [1.165, 1.54) is 12.1 Å². The lowest BCUT2D eigenvalue weighted by molar-refractivity contribution is 0.187. The molecular weight excluding hydrogens is 241 g/mol. The van der Waals surface area contributed by atoms with Crippen LogP contribution in [0.4, 0.5) is 4.39 Å². The molecule has 0 unspecified atom stereocenters. The third-order valence-corrected chi connectivity index (χ3v) is 2.67. The van der Waals surface area contributed by atoms with E-state index < -0.39 is 0 Å². The van der Waals surface area contributed by atoms with Crippen LogP contribution in [0.5, 0.6) is 0 Å². The summed E-state index contributed by atoms with van der Waals surface area (Å²) in [5.74, 6) is 0.321. The van der Waals surface area contributed by atoms with Gasteiger partial charge < -0.3 is 4.74 Å². The average Bonchev–Trinajstić information content (AvgIpc) is 2.68. The maximum atomic E-state index is 13.1. The Kier molecular flexibility index (Phi) is 3.65. The minimum atomic E-state index is -0.297. The highest BCUT2D eigenvalue weighted by molar-refractivity contribution is 7.71. The number of hydrogen-bond acceptors (Lipinski definition) is 3. The number of hydrogen-bond donors (Lipinski definition) is 1. The van der Waals surface area contributed by atoms with E-state index in [0.717, 1.165) is 0 Å². The van der Waals surface area contributed by atoms with E-state index in [-0.39, 0.29) is 5.82 Å². The summed E-state index contributed by atoms with van der Waals surface area (Å²) in [7, 11) is 1.62. The molecule has 2 aromatic rings. The Balaban J connectivity index is 2.42. The van der Waals surface area contributed by atoms with Crippen molar-refractivity contribution in [2.24, 2.45) is 0 Å². The van der Waals surface area contributed by atoms with E-state index >= 15 is 0 Å². The minimum Gasteiger partial charge on any atom is -0.383 e. The van der Waals surface area contributed by atoms with Gasteiger partial charge in [-0.25, -0.2) is 4.39 Å². The fourth-order valence-electron chi connectivity index (χ4n) is 1.56. The van der Waals surface area contributed by atoms with Gasteiger partial charge in [0, 0.05) is 12.7 Å². The summed E-state index contributed by atoms with van der Waals surface area (Å²) < 4.78 is 20.4. The molecule has 0 aliphatic carbocycles. The molecule has 0 amide bonds. The maximum Gasteiger partial charge on any atom is 0.195 e. The Hall–Kier alpha value is -1.53. The van der Waals surface area contributed by atoms with E-state index in [4.69, 9.17) is 17.0 Å². The molecule has 0 spiro atoms. The molecule has 0 aliphatic rings. The number of H-pyrrole nitrogens is 1. The summed E-state index contributed by atoms with van der Waals surface area (Å²) in [4.78, 5) is 0. The maximum absolute atomic E-state index is 13.1. The Morgan fingerprint density at radius 3 is 3.06 bits per heavy atom. The van der Waals surface area contributed by atoms with Crippen molar-refractivity contribution in [2.75, 3.05) is 13.7 Å². The summed E-state index contributed by atoms with van der Waals surface area (Å²) in [5, 5.41) is 6.81. The number of nitrogens with one attached hydrogen (secondary N) is 1. The van der Waals surface area contributed by atoms with Gasteiger partial charge in [-0.1, -0.05) is 12.1 Å². The first-order valence-corrected chi connectivity index (χ1v) is 5.53. The number of ether oxygens (including phenoxy) is 1. The van der Waals surface area contributed by atoms with Gasteiger partial charge in [-0.05, 0) is 24.4 Å². The standard InChI is InChI=1S/C11H12FN3OS/c1-16-6-5-15-10(13-14-11(15)17)8-3-2-4-9(12)7-8/h2-4,7H,5-6H2,1H3,(H,14,17). The van der Waals surface area contributed by atoms with Crippen molar-refractivity contribution in [3.63, 3.8) is 0 Å². The molecule has 6 heteroatoms. The molecule has 0 saturated carbocycles. The Labute approximate surface area is 103 Å². The first-order chi connectivity index (χ1) is 8.22. The van der Waals surface area contributed by atoms with Crippen LogP contribution in [0.25, 0.3) is 11.4 Å². The van der Waals surface area contributed by atoms with Crippen LogP contribution in [0.2, 0.25) is 0 Å². The molecule has 0 bridgehead atoms. The molecule has 0 saturated heterocycles. The third-order valence-electron chi connectivity index (χ3n) is 2.36. The lowest BCUT2D eigenvalue weighted by Gasteiger charge is -2.05. The van der Waals surface area contributed by atoms with Crippen LogP contribution >= 0.6 is 12.2 Å². The molecule has 90 valence electrons. The lowest BCUT2D eigenvalue weighted by Crippen LogP contribution is -2.06. The van der Waals surface area contributed by atoms with Crippen molar-refractivity contribution in [1.29, 1.82) is 0 Å². The highest BCUT2D eigenvalue weighted by Crippen LogP contribution is 2.17. The van der Waals surface area contributed by atoms with Gasteiger partial charge in [0.2, 0.25) is 0 Å². The van der Waals surface area contributed by atoms with Crippen molar-refractivity contribution in [1.82, 2.24) is 14.8 Å². The number of methoxy groups -OCH3 is 1. The molecule has 1 heterocycles. The summed E-state index contributed by atoms with van der Waals surface area (Å²) in [6.45, 7) is 1.10. The SMILES string of the molecule is COCCn1c(-c2cccc(F)c2)n[nH]c1=S. The van der Waals surface area contributed by atoms with Gasteiger partial charge in [-0.3, -0.25) is 9.67 Å². The van der Waals surface area contributed by atoms with Crippen molar-refractivity contribution in [2.45, 2.75) is 6.54 Å². The van der Waals surface area contributed by atoms with Crippen LogP contribution in [-0.2, 0) is 11.3 Å². The smallest absolute Gasteiger partial charge is 0.195 e. The monoisotopic (exact) mass is 253 g/mol. The first kappa shape index (κ1) is 11.9. The zero-order valence-corrected chi connectivity index (χ0v) is 10.1. The molecule has 17 heavy (non-hydrogen) atoms. The molecule has 0 atom stereocenters. The fourth-order valence-corrected chi connectivity index (χ4v) is 1.78. The predicted molar refractivity (Wildman–Crippen MR) is 64.7 cm³/mol. The van der Waals surface area contributed by atoms with Gasteiger partial charge in [0.1, 0.15) is 5.82 Å². The minimum absolute atomic E-state index is 0.297. The highest BCUT2D eigenvalue weighted by atomic mass is 32.1. The van der Waals surface area contributed by atoms with Crippen molar-refractivity contribution < 1.29 is 9.13 Å². The topological polar surface area (TPSA) is 42.8 Å². The van der Waals surface area contributed by atoms with E-state index in [2.05, 4.69) is 10.2 Å². The summed E-state index contributed by atoms with van der Waals surface area (Å²) >= 11 is 5.11. The van der Waals surface area contributed by atoms with E-state index in [1.54, 1.807) is 23.8 Å². The fraction of sp³-hybridized carbons (Fsp3) is 0.273. The summed E-state index contributed by atoms with van der Waals surface area (Å²) in [6.07, 6.45) is 0. The molecular formula is C11H12FN3OS. The number of nitrogens with zero attached hydrogens (tertiary/aromatic N) is 2. The van der Waals surface area contributed by atoms with Gasteiger partial charge in [0.15, 0.2) is 10.6 Å². The van der Waals surface area contributed by atoms with Crippen molar-refractivity contribution in [3.05, 3.63) is 34.9 Å². The second-order valence-electron chi connectivity index (χ2n) is 3.51. The molecule has 0 fully saturated rings. The Bertz CT molecular complexity index is 564. The normalized spacial score (nSPS) is 10.7. The van der Waals surface area contributed by atoms with Crippen LogP contribution in [0.1, 0.15) is 0 Å². The second kappa shape index (κ2) is 5.20. The number of aromatic nitrogens is 3. The van der Waals surface area contributed by atoms with Crippen LogP contribution in [0.3, 0.4) is 0 Å². The third kappa shape index (κ3) is 2.59. The molecule has 0 aliphatic heterocycles. The Morgan fingerprint density at radius 2 is 2.35 bits per heavy atom. The molecule has 2 rings (SSSR count). The van der Waals surface area contributed by atoms with Crippen molar-refractivity contribution >= 4 is 12.2 Å². The van der Waals surface area contributed by atoms with Crippen LogP contribution in [0.15, 0.2) is 24.3 Å².